The first-order valence-electron chi connectivity index (χ1n) is 5.10. The third-order valence-corrected chi connectivity index (χ3v) is 4.37. The summed E-state index contributed by atoms with van der Waals surface area (Å²) in [6, 6.07) is -1.53. The minimum absolute atomic E-state index is 0.173. The van der Waals surface area contributed by atoms with Gasteiger partial charge in [0, 0.05) is 6.04 Å². The third-order valence-electron chi connectivity index (χ3n) is 2.65. The number of aliphatic hydroxyl groups excluding tert-OH is 1. The van der Waals surface area contributed by atoms with E-state index in [9.17, 15) is 18.3 Å². The number of aliphatic hydroxyl groups is 1. The number of carboxylic acid groups (broad SMARTS) is 1. The number of sulfone groups is 1. The molecule has 6 nitrogen and oxygen atoms in total. The number of hydrogen-bond donors (Lipinski definition) is 3. The summed E-state index contributed by atoms with van der Waals surface area (Å²) in [6.07, 6.45) is -1.02. The van der Waals surface area contributed by atoms with Gasteiger partial charge < -0.3 is 10.2 Å². The van der Waals surface area contributed by atoms with Crippen LogP contribution in [0.25, 0.3) is 0 Å². The van der Waals surface area contributed by atoms with Crippen LogP contribution in [0.2, 0.25) is 0 Å². The Labute approximate surface area is 94.6 Å². The lowest BCUT2D eigenvalue weighted by atomic mass is 10.0. The van der Waals surface area contributed by atoms with E-state index in [1.54, 1.807) is 13.8 Å². The molecule has 3 atom stereocenters. The van der Waals surface area contributed by atoms with Gasteiger partial charge in [-0.05, 0) is 5.92 Å². The minimum Gasteiger partial charge on any atom is -0.480 e. The van der Waals surface area contributed by atoms with E-state index in [2.05, 4.69) is 5.32 Å². The summed E-state index contributed by atoms with van der Waals surface area (Å²) in [5.74, 6) is -1.71. The smallest absolute Gasteiger partial charge is 0.320 e. The largest absolute Gasteiger partial charge is 0.480 e. The topological polar surface area (TPSA) is 104 Å². The molecule has 1 aliphatic heterocycles. The quantitative estimate of drug-likeness (QED) is 0.582. The molecule has 1 fully saturated rings. The highest BCUT2D eigenvalue weighted by molar-refractivity contribution is 7.91. The lowest BCUT2D eigenvalue weighted by Gasteiger charge is -2.23. The maximum atomic E-state index is 11.2. The first kappa shape index (κ1) is 13.4. The number of carbonyl (C=O) groups is 1. The summed E-state index contributed by atoms with van der Waals surface area (Å²) in [6.45, 7) is 3.45. The molecule has 1 saturated heterocycles. The molecule has 16 heavy (non-hydrogen) atoms. The fraction of sp³-hybridized carbons (Fsp3) is 0.889. The Hall–Kier alpha value is -0.660. The molecular formula is C9H17NO5S. The van der Waals surface area contributed by atoms with Crippen molar-refractivity contribution in [3.63, 3.8) is 0 Å². The predicted octanol–water partition coefficient (Wildman–Crippen LogP) is -1.16. The molecule has 0 aromatic heterocycles. The van der Waals surface area contributed by atoms with Gasteiger partial charge in [-0.3, -0.25) is 10.1 Å². The van der Waals surface area contributed by atoms with Crippen LogP contribution in [-0.4, -0.2) is 54.3 Å². The van der Waals surface area contributed by atoms with Crippen molar-refractivity contribution >= 4 is 15.8 Å². The van der Waals surface area contributed by atoms with Crippen LogP contribution in [0.5, 0.6) is 0 Å². The highest BCUT2D eigenvalue weighted by atomic mass is 32.2. The molecule has 0 aromatic carbocycles. The van der Waals surface area contributed by atoms with Gasteiger partial charge in [-0.15, -0.1) is 0 Å². The molecule has 1 aliphatic rings. The maximum Gasteiger partial charge on any atom is 0.320 e. The first-order chi connectivity index (χ1) is 7.23. The Kier molecular flexibility index (Phi) is 3.92. The summed E-state index contributed by atoms with van der Waals surface area (Å²) < 4.78 is 22.5. The Balaban J connectivity index is 2.70. The fourth-order valence-corrected chi connectivity index (χ4v) is 3.52. The number of hydrogen-bond acceptors (Lipinski definition) is 5. The molecule has 7 heteroatoms. The van der Waals surface area contributed by atoms with E-state index in [4.69, 9.17) is 5.11 Å². The van der Waals surface area contributed by atoms with Gasteiger partial charge in [0.25, 0.3) is 0 Å². The van der Waals surface area contributed by atoms with Crippen LogP contribution in [-0.2, 0) is 14.6 Å². The van der Waals surface area contributed by atoms with E-state index >= 15 is 0 Å². The summed E-state index contributed by atoms with van der Waals surface area (Å²) >= 11 is 0. The Morgan fingerprint density at radius 3 is 2.25 bits per heavy atom. The van der Waals surface area contributed by atoms with E-state index < -0.39 is 34.0 Å². The normalized spacial score (nSPS) is 30.5. The van der Waals surface area contributed by atoms with Gasteiger partial charge in [-0.2, -0.15) is 0 Å². The Morgan fingerprint density at radius 1 is 1.38 bits per heavy atom. The number of rotatable bonds is 4. The number of nitrogens with one attached hydrogen (secondary N) is 1. The van der Waals surface area contributed by atoms with Crippen molar-refractivity contribution < 1.29 is 23.4 Å². The monoisotopic (exact) mass is 251 g/mol. The van der Waals surface area contributed by atoms with E-state index in [1.165, 1.54) is 0 Å². The van der Waals surface area contributed by atoms with E-state index in [-0.39, 0.29) is 17.4 Å². The zero-order valence-electron chi connectivity index (χ0n) is 9.25. The number of aliphatic carboxylic acids is 1. The van der Waals surface area contributed by atoms with Crippen molar-refractivity contribution in [1.29, 1.82) is 0 Å². The average molecular weight is 251 g/mol. The fourth-order valence-electron chi connectivity index (χ4n) is 1.77. The van der Waals surface area contributed by atoms with Crippen LogP contribution in [0.1, 0.15) is 13.8 Å². The highest BCUT2D eigenvalue weighted by Gasteiger charge is 2.39. The summed E-state index contributed by atoms with van der Waals surface area (Å²) in [5.41, 5.74) is 0. The predicted molar refractivity (Wildman–Crippen MR) is 57.8 cm³/mol. The molecule has 0 aliphatic carbocycles. The maximum absolute atomic E-state index is 11.2. The van der Waals surface area contributed by atoms with E-state index in [0.29, 0.717) is 0 Å². The molecule has 94 valence electrons. The summed E-state index contributed by atoms with van der Waals surface area (Å²) in [5, 5.41) is 21.1. The van der Waals surface area contributed by atoms with Gasteiger partial charge in [0.2, 0.25) is 0 Å². The zero-order chi connectivity index (χ0) is 12.5. The molecule has 1 rings (SSSR count). The molecular weight excluding hydrogens is 234 g/mol. The van der Waals surface area contributed by atoms with Crippen LogP contribution in [0, 0.1) is 5.92 Å². The van der Waals surface area contributed by atoms with Crippen LogP contribution in [0.4, 0.5) is 0 Å². The zero-order valence-corrected chi connectivity index (χ0v) is 10.1. The molecule has 1 heterocycles. The van der Waals surface area contributed by atoms with Gasteiger partial charge in [0.1, 0.15) is 6.04 Å². The molecule has 0 saturated carbocycles. The minimum atomic E-state index is -3.25. The van der Waals surface area contributed by atoms with Gasteiger partial charge in [-0.25, -0.2) is 8.42 Å². The Bertz CT molecular complexity index is 364. The van der Waals surface area contributed by atoms with Crippen LogP contribution in [0.3, 0.4) is 0 Å². The summed E-state index contributed by atoms with van der Waals surface area (Å²) in [4.78, 5) is 10.9. The Morgan fingerprint density at radius 2 is 1.94 bits per heavy atom. The van der Waals surface area contributed by atoms with Gasteiger partial charge in [-0.1, -0.05) is 13.8 Å². The number of carboxylic acids is 1. The van der Waals surface area contributed by atoms with Crippen molar-refractivity contribution in [2.45, 2.75) is 32.0 Å². The lowest BCUT2D eigenvalue weighted by Crippen LogP contribution is -2.50. The van der Waals surface area contributed by atoms with Crippen molar-refractivity contribution in [2.75, 3.05) is 11.5 Å². The molecule has 0 bridgehead atoms. The average Bonchev–Trinajstić information content (AvgIpc) is 2.34. The molecule has 0 unspecified atom stereocenters. The molecule has 0 radical (unpaired) electrons. The highest BCUT2D eigenvalue weighted by Crippen LogP contribution is 2.14. The molecule has 0 amide bonds. The second-order valence-electron chi connectivity index (χ2n) is 4.48. The molecule has 0 spiro atoms. The summed E-state index contributed by atoms with van der Waals surface area (Å²) in [7, 11) is -3.25. The SMILES string of the molecule is CC(C)[C@H](N[C@@H]1CS(=O)(=O)C[C@H]1O)C(=O)O. The van der Waals surface area contributed by atoms with E-state index in [0.717, 1.165) is 0 Å². The van der Waals surface area contributed by atoms with Gasteiger partial charge in [0.05, 0.1) is 17.6 Å². The van der Waals surface area contributed by atoms with Crippen molar-refractivity contribution in [3.8, 4) is 0 Å². The molecule has 0 aromatic rings. The van der Waals surface area contributed by atoms with Crippen LogP contribution in [0.15, 0.2) is 0 Å². The van der Waals surface area contributed by atoms with Crippen LogP contribution < -0.4 is 5.32 Å². The second kappa shape index (κ2) is 4.68. The molecule has 3 N–H and O–H groups in total. The second-order valence-corrected chi connectivity index (χ2v) is 6.63. The van der Waals surface area contributed by atoms with Gasteiger partial charge in [0.15, 0.2) is 9.84 Å². The van der Waals surface area contributed by atoms with Gasteiger partial charge >= 0.3 is 5.97 Å². The van der Waals surface area contributed by atoms with Crippen molar-refractivity contribution in [2.24, 2.45) is 5.92 Å². The van der Waals surface area contributed by atoms with Crippen LogP contribution >= 0.6 is 0 Å². The van der Waals surface area contributed by atoms with Crippen molar-refractivity contribution in [1.82, 2.24) is 5.32 Å². The lowest BCUT2D eigenvalue weighted by molar-refractivity contribution is -0.141. The van der Waals surface area contributed by atoms with Crippen molar-refractivity contribution in [3.05, 3.63) is 0 Å². The standard InChI is InChI=1S/C9H17NO5S/c1-5(2)8(9(12)13)10-6-3-16(14,15)4-7(6)11/h5-8,10-11H,3-4H2,1-2H3,(H,12,13)/t6-,7-,8+/m1/s1. The van der Waals surface area contributed by atoms with E-state index in [1.807, 2.05) is 0 Å². The first-order valence-corrected chi connectivity index (χ1v) is 6.92. The third kappa shape index (κ3) is 3.16.